The number of terminal acetylenes is 1. The fourth-order valence-electron chi connectivity index (χ4n) is 0.881. The van der Waals surface area contributed by atoms with E-state index in [-0.39, 0.29) is 11.1 Å². The first-order valence-corrected chi connectivity index (χ1v) is 3.53. The number of ether oxygens (including phenoxy) is 1. The molecule has 13 heavy (non-hydrogen) atoms. The van der Waals surface area contributed by atoms with Gasteiger partial charge in [0.05, 0.1) is 18.2 Å². The molecule has 0 aliphatic rings. The summed E-state index contributed by atoms with van der Waals surface area (Å²) in [4.78, 5) is 11.0. The number of esters is 1. The zero-order valence-electron chi connectivity index (χ0n) is 7.00. The Balaban J connectivity index is 3.15. The topological polar surface area (TPSA) is 26.3 Å². The van der Waals surface area contributed by atoms with Gasteiger partial charge in [0.15, 0.2) is 0 Å². The maximum atomic E-state index is 12.8. The summed E-state index contributed by atoms with van der Waals surface area (Å²) >= 11 is 0. The molecule has 2 nitrogen and oxygen atoms in total. The Morgan fingerprint density at radius 1 is 1.62 bits per heavy atom. The van der Waals surface area contributed by atoms with Crippen molar-refractivity contribution in [2.45, 2.75) is 0 Å². The van der Waals surface area contributed by atoms with Gasteiger partial charge in [-0.1, -0.05) is 5.92 Å². The third kappa shape index (κ3) is 1.85. The highest BCUT2D eigenvalue weighted by Gasteiger charge is 2.07. The molecule has 0 bridgehead atoms. The van der Waals surface area contributed by atoms with Crippen LogP contribution in [0.2, 0.25) is 0 Å². The van der Waals surface area contributed by atoms with Crippen LogP contribution >= 0.6 is 0 Å². The molecule has 0 heterocycles. The molecule has 0 spiro atoms. The second-order valence-electron chi connectivity index (χ2n) is 2.33. The largest absolute Gasteiger partial charge is 0.465 e. The Morgan fingerprint density at radius 3 is 2.85 bits per heavy atom. The lowest BCUT2D eigenvalue weighted by atomic mass is 10.1. The van der Waals surface area contributed by atoms with Crippen molar-refractivity contribution in [1.82, 2.24) is 0 Å². The van der Waals surface area contributed by atoms with Gasteiger partial charge in [-0.05, 0) is 18.2 Å². The van der Waals surface area contributed by atoms with E-state index in [1.807, 2.05) is 0 Å². The number of halogens is 1. The molecule has 1 rings (SSSR count). The molecule has 3 heteroatoms. The van der Waals surface area contributed by atoms with E-state index < -0.39 is 11.8 Å². The number of rotatable bonds is 1. The van der Waals surface area contributed by atoms with Crippen LogP contribution in [0.3, 0.4) is 0 Å². The molecule has 0 unspecified atom stereocenters. The molecule has 0 radical (unpaired) electrons. The molecule has 0 amide bonds. The minimum absolute atomic E-state index is 0.0582. The van der Waals surface area contributed by atoms with E-state index in [9.17, 15) is 9.18 Å². The highest BCUT2D eigenvalue weighted by Crippen LogP contribution is 2.09. The first-order chi connectivity index (χ1) is 6.19. The minimum atomic E-state index is -0.531. The molecule has 0 N–H and O–H groups in total. The number of carbonyl (C=O) groups excluding carboxylic acids is 1. The Hall–Kier alpha value is -1.82. The maximum Gasteiger partial charge on any atom is 0.337 e. The van der Waals surface area contributed by atoms with Gasteiger partial charge in [0.2, 0.25) is 0 Å². The molecule has 1 aromatic carbocycles. The predicted octanol–water partition coefficient (Wildman–Crippen LogP) is 1.59. The third-order valence-electron chi connectivity index (χ3n) is 1.54. The molecular formula is C10H7FO2. The minimum Gasteiger partial charge on any atom is -0.465 e. The summed E-state index contributed by atoms with van der Waals surface area (Å²) in [6.45, 7) is 0. The number of carbonyl (C=O) groups is 1. The monoisotopic (exact) mass is 178 g/mol. The van der Waals surface area contributed by atoms with E-state index in [4.69, 9.17) is 6.42 Å². The molecule has 1 aromatic rings. The van der Waals surface area contributed by atoms with Crippen LogP contribution in [0.15, 0.2) is 18.2 Å². The van der Waals surface area contributed by atoms with Crippen molar-refractivity contribution in [2.75, 3.05) is 7.11 Å². The van der Waals surface area contributed by atoms with Crippen LogP contribution in [0.5, 0.6) is 0 Å². The van der Waals surface area contributed by atoms with Gasteiger partial charge in [0, 0.05) is 0 Å². The lowest BCUT2D eigenvalue weighted by Gasteiger charge is -1.99. The van der Waals surface area contributed by atoms with Crippen molar-refractivity contribution in [2.24, 2.45) is 0 Å². The fraction of sp³-hybridized carbons (Fsp3) is 0.100. The molecule has 66 valence electrons. The first kappa shape index (κ1) is 9.27. The van der Waals surface area contributed by atoms with Crippen molar-refractivity contribution in [3.05, 3.63) is 35.1 Å². The fourth-order valence-corrected chi connectivity index (χ4v) is 0.881. The Labute approximate surface area is 75.3 Å². The SMILES string of the molecule is C#Cc1cc(C(=O)OC)ccc1F. The molecule has 0 saturated carbocycles. The van der Waals surface area contributed by atoms with Crippen LogP contribution in [0.4, 0.5) is 4.39 Å². The molecule has 0 atom stereocenters. The van der Waals surface area contributed by atoms with Crippen LogP contribution in [-0.2, 0) is 4.74 Å². The predicted molar refractivity (Wildman–Crippen MR) is 45.7 cm³/mol. The van der Waals surface area contributed by atoms with Gasteiger partial charge >= 0.3 is 5.97 Å². The Kier molecular flexibility index (Phi) is 2.65. The van der Waals surface area contributed by atoms with Gasteiger partial charge in [-0.15, -0.1) is 6.42 Å². The van der Waals surface area contributed by atoms with Crippen molar-refractivity contribution in [3.8, 4) is 12.3 Å². The van der Waals surface area contributed by atoms with Crippen LogP contribution in [0.1, 0.15) is 15.9 Å². The van der Waals surface area contributed by atoms with Crippen molar-refractivity contribution in [1.29, 1.82) is 0 Å². The normalized spacial score (nSPS) is 9.00. The highest BCUT2D eigenvalue weighted by atomic mass is 19.1. The molecule has 0 aliphatic carbocycles. The van der Waals surface area contributed by atoms with Gasteiger partial charge in [-0.25, -0.2) is 9.18 Å². The number of hydrogen-bond acceptors (Lipinski definition) is 2. The zero-order chi connectivity index (χ0) is 9.84. The highest BCUT2D eigenvalue weighted by molar-refractivity contribution is 5.89. The molecule has 0 aromatic heterocycles. The smallest absolute Gasteiger partial charge is 0.337 e. The molecule has 0 saturated heterocycles. The van der Waals surface area contributed by atoms with E-state index in [1.165, 1.54) is 19.2 Å². The summed E-state index contributed by atoms with van der Waals surface area (Å²) < 4.78 is 17.3. The Bertz CT molecular complexity index is 377. The first-order valence-electron chi connectivity index (χ1n) is 3.53. The van der Waals surface area contributed by atoms with Gasteiger partial charge in [0.25, 0.3) is 0 Å². The maximum absolute atomic E-state index is 12.8. The summed E-state index contributed by atoms with van der Waals surface area (Å²) in [6, 6.07) is 3.74. The lowest BCUT2D eigenvalue weighted by molar-refractivity contribution is 0.0600. The third-order valence-corrected chi connectivity index (χ3v) is 1.54. The van der Waals surface area contributed by atoms with Crippen LogP contribution < -0.4 is 0 Å². The summed E-state index contributed by atoms with van der Waals surface area (Å²) in [6.07, 6.45) is 5.02. The number of benzene rings is 1. The average molecular weight is 178 g/mol. The van der Waals surface area contributed by atoms with Crippen LogP contribution in [-0.4, -0.2) is 13.1 Å². The van der Waals surface area contributed by atoms with Crippen LogP contribution in [0.25, 0.3) is 0 Å². The van der Waals surface area contributed by atoms with Gasteiger partial charge < -0.3 is 4.74 Å². The quantitative estimate of drug-likeness (QED) is 0.482. The molecule has 0 aliphatic heterocycles. The van der Waals surface area contributed by atoms with E-state index in [2.05, 4.69) is 10.7 Å². The molecular weight excluding hydrogens is 171 g/mol. The number of methoxy groups -OCH3 is 1. The standard InChI is InChI=1S/C10H7FO2/c1-3-7-6-8(10(12)13-2)4-5-9(7)11/h1,4-6H,2H3. The van der Waals surface area contributed by atoms with Crippen LogP contribution in [0, 0.1) is 18.2 Å². The van der Waals surface area contributed by atoms with Crippen molar-refractivity contribution >= 4 is 5.97 Å². The van der Waals surface area contributed by atoms with E-state index >= 15 is 0 Å². The summed E-state index contributed by atoms with van der Waals surface area (Å²) in [5.74, 6) is 1.08. The second kappa shape index (κ2) is 3.72. The Morgan fingerprint density at radius 2 is 2.31 bits per heavy atom. The van der Waals surface area contributed by atoms with Crippen molar-refractivity contribution < 1.29 is 13.9 Å². The van der Waals surface area contributed by atoms with E-state index in [0.29, 0.717) is 0 Å². The van der Waals surface area contributed by atoms with E-state index in [1.54, 1.807) is 0 Å². The van der Waals surface area contributed by atoms with E-state index in [0.717, 1.165) is 6.07 Å². The summed E-state index contributed by atoms with van der Waals surface area (Å²) in [5.41, 5.74) is 0.305. The lowest BCUT2D eigenvalue weighted by Crippen LogP contribution is -2.01. The average Bonchev–Trinajstić information content (AvgIpc) is 2.17. The number of hydrogen-bond donors (Lipinski definition) is 0. The van der Waals surface area contributed by atoms with Crippen molar-refractivity contribution in [3.63, 3.8) is 0 Å². The molecule has 0 fully saturated rings. The van der Waals surface area contributed by atoms with Gasteiger partial charge in [-0.3, -0.25) is 0 Å². The van der Waals surface area contributed by atoms with Gasteiger partial charge in [-0.2, -0.15) is 0 Å². The summed E-state index contributed by atoms with van der Waals surface area (Å²) in [5, 5.41) is 0. The summed E-state index contributed by atoms with van der Waals surface area (Å²) in [7, 11) is 1.25. The van der Waals surface area contributed by atoms with Gasteiger partial charge in [0.1, 0.15) is 5.82 Å². The zero-order valence-corrected chi connectivity index (χ0v) is 7.00. The second-order valence-corrected chi connectivity index (χ2v) is 2.33.